The molecular weight excluding hydrogens is 178 g/mol. The number of aliphatic hydroxyl groups excluding tert-OH is 1. The van der Waals surface area contributed by atoms with E-state index in [2.05, 4.69) is 0 Å². The molecular formula is C11H11NO2. The van der Waals surface area contributed by atoms with Crippen molar-refractivity contribution in [2.24, 2.45) is 0 Å². The Kier molecular flexibility index (Phi) is 3.71. The number of nitriles is 1. The van der Waals surface area contributed by atoms with Crippen molar-refractivity contribution in [3.05, 3.63) is 35.4 Å². The standard InChI is InChI=1S/C11H11NO2/c12-8-10-7-9(3-1-2-6-13)4-5-11(10)14/h1,3-5,7,13-14H,2,6H2. The van der Waals surface area contributed by atoms with Gasteiger partial charge in [-0.1, -0.05) is 18.2 Å². The summed E-state index contributed by atoms with van der Waals surface area (Å²) in [6.45, 7) is 0.111. The summed E-state index contributed by atoms with van der Waals surface area (Å²) < 4.78 is 0. The maximum Gasteiger partial charge on any atom is 0.133 e. The van der Waals surface area contributed by atoms with Crippen LogP contribution >= 0.6 is 0 Å². The summed E-state index contributed by atoms with van der Waals surface area (Å²) in [4.78, 5) is 0. The van der Waals surface area contributed by atoms with E-state index >= 15 is 0 Å². The molecule has 0 heterocycles. The average Bonchev–Trinajstić information content (AvgIpc) is 2.21. The van der Waals surface area contributed by atoms with E-state index in [1.807, 2.05) is 12.1 Å². The topological polar surface area (TPSA) is 64.2 Å². The van der Waals surface area contributed by atoms with Crippen LogP contribution in [0.2, 0.25) is 0 Å². The van der Waals surface area contributed by atoms with E-state index in [0.29, 0.717) is 6.42 Å². The molecule has 2 N–H and O–H groups in total. The molecule has 0 aliphatic rings. The van der Waals surface area contributed by atoms with Crippen LogP contribution in [-0.4, -0.2) is 16.8 Å². The quantitative estimate of drug-likeness (QED) is 0.760. The maximum atomic E-state index is 9.22. The number of nitrogens with zero attached hydrogens (tertiary/aromatic N) is 1. The highest BCUT2D eigenvalue weighted by atomic mass is 16.3. The second-order valence-electron chi connectivity index (χ2n) is 2.80. The number of phenols is 1. The Bertz CT molecular complexity index is 377. The fourth-order valence-electron chi connectivity index (χ4n) is 1.04. The summed E-state index contributed by atoms with van der Waals surface area (Å²) in [6.07, 6.45) is 4.20. The number of rotatable bonds is 3. The fourth-order valence-corrected chi connectivity index (χ4v) is 1.04. The van der Waals surface area contributed by atoms with Crippen LogP contribution in [0.25, 0.3) is 6.08 Å². The average molecular weight is 189 g/mol. The first-order valence-electron chi connectivity index (χ1n) is 4.28. The molecule has 0 radical (unpaired) electrons. The van der Waals surface area contributed by atoms with E-state index in [0.717, 1.165) is 5.56 Å². The van der Waals surface area contributed by atoms with Crippen molar-refractivity contribution in [1.29, 1.82) is 5.26 Å². The van der Waals surface area contributed by atoms with Crippen molar-refractivity contribution in [1.82, 2.24) is 0 Å². The molecule has 3 heteroatoms. The number of aliphatic hydroxyl groups is 1. The lowest BCUT2D eigenvalue weighted by Crippen LogP contribution is -1.80. The van der Waals surface area contributed by atoms with Gasteiger partial charge in [-0.3, -0.25) is 0 Å². The smallest absolute Gasteiger partial charge is 0.133 e. The molecule has 14 heavy (non-hydrogen) atoms. The number of phenolic OH excluding ortho intramolecular Hbond substituents is 1. The molecule has 0 unspecified atom stereocenters. The lowest BCUT2D eigenvalue weighted by Gasteiger charge is -1.97. The molecule has 0 amide bonds. The minimum Gasteiger partial charge on any atom is -0.507 e. The van der Waals surface area contributed by atoms with Crippen LogP contribution in [0, 0.1) is 11.3 Å². The van der Waals surface area contributed by atoms with Gasteiger partial charge in [0, 0.05) is 6.61 Å². The third-order valence-electron chi connectivity index (χ3n) is 1.75. The van der Waals surface area contributed by atoms with Gasteiger partial charge in [0.25, 0.3) is 0 Å². The van der Waals surface area contributed by atoms with Crippen molar-refractivity contribution < 1.29 is 10.2 Å². The molecule has 0 bridgehead atoms. The summed E-state index contributed by atoms with van der Waals surface area (Å²) in [5.41, 5.74) is 1.10. The Balaban J connectivity index is 2.86. The van der Waals surface area contributed by atoms with Crippen molar-refractivity contribution in [2.75, 3.05) is 6.61 Å². The molecule has 3 nitrogen and oxygen atoms in total. The van der Waals surface area contributed by atoms with E-state index in [9.17, 15) is 5.11 Å². The highest BCUT2D eigenvalue weighted by Crippen LogP contribution is 2.17. The molecule has 1 aromatic carbocycles. The lowest BCUT2D eigenvalue weighted by molar-refractivity contribution is 0.303. The fraction of sp³-hybridized carbons (Fsp3) is 0.182. The molecule has 0 saturated heterocycles. The Hall–Kier alpha value is -1.79. The van der Waals surface area contributed by atoms with Crippen LogP contribution < -0.4 is 0 Å². The first kappa shape index (κ1) is 10.3. The third-order valence-corrected chi connectivity index (χ3v) is 1.75. The first-order chi connectivity index (χ1) is 6.77. The monoisotopic (exact) mass is 189 g/mol. The molecule has 1 rings (SSSR count). The number of benzene rings is 1. The second kappa shape index (κ2) is 5.05. The SMILES string of the molecule is N#Cc1cc(C=CCCO)ccc1O. The molecule has 0 aromatic heterocycles. The molecule has 0 aliphatic carbocycles. The van der Waals surface area contributed by atoms with Gasteiger partial charge in [0.05, 0.1) is 5.56 Å². The van der Waals surface area contributed by atoms with E-state index < -0.39 is 0 Å². The second-order valence-corrected chi connectivity index (χ2v) is 2.80. The molecule has 0 atom stereocenters. The summed E-state index contributed by atoms with van der Waals surface area (Å²) in [5.74, 6) is -0.00759. The van der Waals surface area contributed by atoms with Gasteiger partial charge in [0.1, 0.15) is 11.8 Å². The van der Waals surface area contributed by atoms with Gasteiger partial charge in [-0.25, -0.2) is 0 Å². The zero-order valence-corrected chi connectivity index (χ0v) is 7.64. The Morgan fingerprint density at radius 1 is 1.43 bits per heavy atom. The van der Waals surface area contributed by atoms with Crippen LogP contribution in [0.4, 0.5) is 0 Å². The Labute approximate surface area is 82.5 Å². The normalized spacial score (nSPS) is 10.3. The molecule has 72 valence electrons. The van der Waals surface area contributed by atoms with Gasteiger partial charge in [0.15, 0.2) is 0 Å². The molecule has 0 fully saturated rings. The zero-order valence-electron chi connectivity index (χ0n) is 7.64. The summed E-state index contributed by atoms with van der Waals surface area (Å²) in [7, 11) is 0. The first-order valence-corrected chi connectivity index (χ1v) is 4.28. The van der Waals surface area contributed by atoms with Crippen LogP contribution in [-0.2, 0) is 0 Å². The van der Waals surface area contributed by atoms with Gasteiger partial charge in [-0.15, -0.1) is 0 Å². The van der Waals surface area contributed by atoms with Gasteiger partial charge in [-0.05, 0) is 24.1 Å². The highest BCUT2D eigenvalue weighted by Gasteiger charge is 1.98. The minimum absolute atomic E-state index is 0.00759. The van der Waals surface area contributed by atoms with Gasteiger partial charge in [0.2, 0.25) is 0 Å². The summed E-state index contributed by atoms with van der Waals surface area (Å²) >= 11 is 0. The molecule has 0 spiro atoms. The van der Waals surface area contributed by atoms with E-state index in [-0.39, 0.29) is 17.9 Å². The minimum atomic E-state index is -0.00759. The van der Waals surface area contributed by atoms with E-state index in [1.165, 1.54) is 6.07 Å². The highest BCUT2D eigenvalue weighted by molar-refractivity contribution is 5.55. The maximum absolute atomic E-state index is 9.22. The molecule has 0 aliphatic heterocycles. The van der Waals surface area contributed by atoms with Crippen molar-refractivity contribution in [3.63, 3.8) is 0 Å². The summed E-state index contributed by atoms with van der Waals surface area (Å²) in [6, 6.07) is 6.69. The van der Waals surface area contributed by atoms with E-state index in [1.54, 1.807) is 18.2 Å². The zero-order chi connectivity index (χ0) is 10.4. The van der Waals surface area contributed by atoms with Crippen LogP contribution in [0.15, 0.2) is 24.3 Å². The van der Waals surface area contributed by atoms with Crippen molar-refractivity contribution >= 4 is 6.08 Å². The van der Waals surface area contributed by atoms with Crippen LogP contribution in [0.3, 0.4) is 0 Å². The van der Waals surface area contributed by atoms with Crippen LogP contribution in [0.5, 0.6) is 5.75 Å². The predicted octanol–water partition coefficient (Wildman–Crippen LogP) is 1.66. The van der Waals surface area contributed by atoms with Gasteiger partial charge in [-0.2, -0.15) is 5.26 Å². The molecule has 0 saturated carbocycles. The Morgan fingerprint density at radius 3 is 2.86 bits per heavy atom. The summed E-state index contributed by atoms with van der Waals surface area (Å²) in [5, 5.41) is 26.4. The molecule has 1 aromatic rings. The predicted molar refractivity (Wildman–Crippen MR) is 53.6 cm³/mol. The van der Waals surface area contributed by atoms with E-state index in [4.69, 9.17) is 10.4 Å². The third kappa shape index (κ3) is 2.61. The Morgan fingerprint density at radius 2 is 2.21 bits per heavy atom. The number of hydrogen-bond donors (Lipinski definition) is 2. The van der Waals surface area contributed by atoms with Gasteiger partial charge >= 0.3 is 0 Å². The van der Waals surface area contributed by atoms with Crippen molar-refractivity contribution in [2.45, 2.75) is 6.42 Å². The van der Waals surface area contributed by atoms with Gasteiger partial charge < -0.3 is 10.2 Å². The largest absolute Gasteiger partial charge is 0.507 e. The number of aromatic hydroxyl groups is 1. The van der Waals surface area contributed by atoms with Crippen molar-refractivity contribution in [3.8, 4) is 11.8 Å². The lowest BCUT2D eigenvalue weighted by atomic mass is 10.1. The number of hydrogen-bond acceptors (Lipinski definition) is 3. The van der Waals surface area contributed by atoms with Crippen LogP contribution in [0.1, 0.15) is 17.5 Å².